The SMILES string of the molecule is CC(C)(O)C(C)(C)O[B]c1ccc2c(c1)oc1ccc(B3OC(C)(C)C(C)(C)O3)cc12. The van der Waals surface area contributed by atoms with E-state index in [1.165, 1.54) is 0 Å². The van der Waals surface area contributed by atoms with Crippen LogP contribution in [0.3, 0.4) is 0 Å². The molecule has 1 radical (unpaired) electrons. The Hall–Kier alpha value is -1.79. The quantitative estimate of drug-likeness (QED) is 0.637. The van der Waals surface area contributed by atoms with Crippen molar-refractivity contribution in [2.24, 2.45) is 0 Å². The molecule has 31 heavy (non-hydrogen) atoms. The Kier molecular flexibility index (Phi) is 5.14. The molecule has 0 aliphatic carbocycles. The van der Waals surface area contributed by atoms with Crippen LogP contribution in [0.2, 0.25) is 0 Å². The molecule has 5 nitrogen and oxygen atoms in total. The van der Waals surface area contributed by atoms with Gasteiger partial charge < -0.3 is 23.5 Å². The van der Waals surface area contributed by atoms with E-state index in [1.54, 1.807) is 21.3 Å². The highest BCUT2D eigenvalue weighted by atomic mass is 16.7. The summed E-state index contributed by atoms with van der Waals surface area (Å²) in [5.41, 5.74) is 0.962. The summed E-state index contributed by atoms with van der Waals surface area (Å²) in [7, 11) is 1.25. The minimum absolute atomic E-state index is 0.382. The topological polar surface area (TPSA) is 61.1 Å². The van der Waals surface area contributed by atoms with Crippen LogP contribution in [0.4, 0.5) is 0 Å². The lowest BCUT2D eigenvalue weighted by Crippen LogP contribution is -2.49. The van der Waals surface area contributed by atoms with Crippen molar-refractivity contribution in [2.75, 3.05) is 0 Å². The molecule has 1 fully saturated rings. The second kappa shape index (κ2) is 7.11. The second-order valence-electron chi connectivity index (χ2n) is 10.5. The van der Waals surface area contributed by atoms with Gasteiger partial charge in [0.15, 0.2) is 0 Å². The number of hydrogen-bond acceptors (Lipinski definition) is 5. The first-order chi connectivity index (χ1) is 14.2. The lowest BCUT2D eigenvalue weighted by atomic mass is 9.78. The summed E-state index contributed by atoms with van der Waals surface area (Å²) in [5.74, 6) is 0. The monoisotopic (exact) mass is 421 g/mol. The van der Waals surface area contributed by atoms with Crippen molar-refractivity contribution in [3.63, 3.8) is 0 Å². The highest BCUT2D eigenvalue weighted by Crippen LogP contribution is 2.37. The summed E-state index contributed by atoms with van der Waals surface area (Å²) in [6.07, 6.45) is 0. The van der Waals surface area contributed by atoms with E-state index in [4.69, 9.17) is 18.4 Å². The molecule has 1 aliphatic rings. The fraction of sp³-hybridized carbons (Fsp3) is 0.500. The Morgan fingerprint density at radius 2 is 1.52 bits per heavy atom. The normalized spacial score (nSPS) is 18.8. The van der Waals surface area contributed by atoms with Crippen LogP contribution in [-0.4, -0.2) is 42.1 Å². The molecule has 3 aromatic rings. The van der Waals surface area contributed by atoms with E-state index in [-0.39, 0.29) is 11.2 Å². The van der Waals surface area contributed by atoms with Crippen LogP contribution in [0.1, 0.15) is 55.4 Å². The van der Waals surface area contributed by atoms with Crippen molar-refractivity contribution in [1.82, 2.24) is 0 Å². The van der Waals surface area contributed by atoms with Crippen molar-refractivity contribution in [3.05, 3.63) is 36.4 Å². The van der Waals surface area contributed by atoms with E-state index in [1.807, 2.05) is 44.2 Å². The number of furan rings is 1. The van der Waals surface area contributed by atoms with Gasteiger partial charge in [0.1, 0.15) is 11.2 Å². The Balaban J connectivity index is 1.62. The molecule has 7 heteroatoms. The third-order valence-corrected chi connectivity index (χ3v) is 7.01. The largest absolute Gasteiger partial charge is 0.494 e. The summed E-state index contributed by atoms with van der Waals surface area (Å²) in [5, 5.41) is 12.3. The molecule has 1 aromatic heterocycles. The predicted octanol–water partition coefficient (Wildman–Crippen LogP) is 3.70. The van der Waals surface area contributed by atoms with Crippen LogP contribution in [0.15, 0.2) is 40.8 Å². The van der Waals surface area contributed by atoms with Crippen LogP contribution in [-0.2, 0) is 14.0 Å². The Bertz CT molecular complexity index is 1110. The van der Waals surface area contributed by atoms with Crippen molar-refractivity contribution in [1.29, 1.82) is 0 Å². The van der Waals surface area contributed by atoms with Gasteiger partial charge >= 0.3 is 14.6 Å². The second-order valence-corrected chi connectivity index (χ2v) is 10.5. The van der Waals surface area contributed by atoms with E-state index in [9.17, 15) is 5.11 Å². The van der Waals surface area contributed by atoms with Crippen LogP contribution in [0, 0.1) is 0 Å². The van der Waals surface area contributed by atoms with Gasteiger partial charge in [0.05, 0.1) is 22.4 Å². The molecule has 1 N–H and O–H groups in total. The number of rotatable bonds is 5. The van der Waals surface area contributed by atoms with Crippen molar-refractivity contribution in [2.45, 2.75) is 77.8 Å². The van der Waals surface area contributed by atoms with Gasteiger partial charge in [-0.15, -0.1) is 0 Å². The lowest BCUT2D eigenvalue weighted by Gasteiger charge is -2.37. The first kappa shape index (κ1) is 22.4. The maximum atomic E-state index is 10.3. The molecule has 0 amide bonds. The highest BCUT2D eigenvalue weighted by molar-refractivity contribution is 6.62. The van der Waals surface area contributed by atoms with Crippen LogP contribution in [0.5, 0.6) is 0 Å². The Labute approximate surface area is 185 Å². The van der Waals surface area contributed by atoms with E-state index in [2.05, 4.69) is 33.8 Å². The minimum atomic E-state index is -0.975. The minimum Gasteiger partial charge on any atom is -0.456 e. The number of benzene rings is 2. The molecule has 1 aliphatic heterocycles. The molecule has 4 rings (SSSR count). The first-order valence-electron chi connectivity index (χ1n) is 10.8. The highest BCUT2D eigenvalue weighted by Gasteiger charge is 2.51. The zero-order valence-electron chi connectivity index (χ0n) is 19.7. The molecule has 0 spiro atoms. The molecule has 2 heterocycles. The van der Waals surface area contributed by atoms with Crippen molar-refractivity contribution in [3.8, 4) is 0 Å². The van der Waals surface area contributed by atoms with Gasteiger partial charge in [0.2, 0.25) is 0 Å². The molecule has 2 aromatic carbocycles. The van der Waals surface area contributed by atoms with Crippen LogP contribution in [0.25, 0.3) is 21.9 Å². The zero-order valence-corrected chi connectivity index (χ0v) is 19.7. The fourth-order valence-corrected chi connectivity index (χ4v) is 3.37. The molecule has 0 bridgehead atoms. The smallest absolute Gasteiger partial charge is 0.456 e. The van der Waals surface area contributed by atoms with Gasteiger partial charge in [-0.05, 0) is 78.4 Å². The van der Waals surface area contributed by atoms with Crippen LogP contribution >= 0.6 is 0 Å². The molecule has 0 saturated carbocycles. The standard InChI is InChI=1S/C24H31B2O5/c1-21(2,27)22(3,4)29-25-15-9-11-17-18-14-16(10-12-19(18)28-20(17)13-15)26-30-23(5,6)24(7,8)31-26/h9-14,27H,1-8H3. The first-order valence-corrected chi connectivity index (χ1v) is 10.8. The summed E-state index contributed by atoms with van der Waals surface area (Å²) in [4.78, 5) is 0. The van der Waals surface area contributed by atoms with Gasteiger partial charge in [-0.2, -0.15) is 0 Å². The third kappa shape index (κ3) is 3.93. The van der Waals surface area contributed by atoms with Gasteiger partial charge in [-0.3, -0.25) is 0 Å². The maximum absolute atomic E-state index is 10.3. The molecule has 0 unspecified atom stereocenters. The van der Waals surface area contributed by atoms with Gasteiger partial charge in [0.25, 0.3) is 0 Å². The molecule has 1 saturated heterocycles. The van der Waals surface area contributed by atoms with Gasteiger partial charge in [-0.1, -0.05) is 24.3 Å². The maximum Gasteiger partial charge on any atom is 0.494 e. The number of fused-ring (bicyclic) bond motifs is 3. The molecule has 163 valence electrons. The number of aliphatic hydroxyl groups is 1. The summed E-state index contributed by atoms with van der Waals surface area (Å²) in [6.45, 7) is 15.4. The zero-order chi connectivity index (χ0) is 22.8. The molecular weight excluding hydrogens is 390 g/mol. The van der Waals surface area contributed by atoms with Crippen LogP contribution < -0.4 is 10.9 Å². The van der Waals surface area contributed by atoms with E-state index >= 15 is 0 Å². The van der Waals surface area contributed by atoms with Crippen molar-refractivity contribution >= 4 is 47.5 Å². The van der Waals surface area contributed by atoms with E-state index in [0.29, 0.717) is 0 Å². The lowest BCUT2D eigenvalue weighted by molar-refractivity contribution is -0.0893. The fourth-order valence-electron chi connectivity index (χ4n) is 3.37. The molecule has 0 atom stereocenters. The summed E-state index contributed by atoms with van der Waals surface area (Å²) in [6, 6.07) is 12.0. The summed E-state index contributed by atoms with van der Waals surface area (Å²) < 4.78 is 24.4. The van der Waals surface area contributed by atoms with Gasteiger partial charge in [-0.25, -0.2) is 0 Å². The third-order valence-electron chi connectivity index (χ3n) is 7.01. The van der Waals surface area contributed by atoms with Crippen molar-refractivity contribution < 1.29 is 23.5 Å². The number of hydrogen-bond donors (Lipinski definition) is 1. The molecular formula is C24H31B2O5. The average molecular weight is 421 g/mol. The average Bonchev–Trinajstić information content (AvgIpc) is 3.11. The Morgan fingerprint density at radius 3 is 2.13 bits per heavy atom. The van der Waals surface area contributed by atoms with E-state index in [0.717, 1.165) is 32.9 Å². The van der Waals surface area contributed by atoms with E-state index < -0.39 is 18.3 Å². The Morgan fingerprint density at radius 1 is 0.871 bits per heavy atom. The van der Waals surface area contributed by atoms with Gasteiger partial charge in [0, 0.05) is 10.8 Å². The predicted molar refractivity (Wildman–Crippen MR) is 126 cm³/mol. The summed E-state index contributed by atoms with van der Waals surface area (Å²) >= 11 is 0.